The number of hydrogen-bond acceptors (Lipinski definition) is 6. The zero-order valence-corrected chi connectivity index (χ0v) is 17.7. The molecule has 4 heterocycles. The zero-order chi connectivity index (χ0) is 22.2. The Morgan fingerprint density at radius 1 is 1.19 bits per heavy atom. The van der Waals surface area contributed by atoms with Crippen molar-refractivity contribution in [2.45, 2.75) is 38.7 Å². The Kier molecular flexibility index (Phi) is 5.57. The number of hydrogen-bond donors (Lipinski definition) is 2. The molecule has 1 fully saturated rings. The van der Waals surface area contributed by atoms with E-state index in [0.717, 1.165) is 38.2 Å². The third-order valence-electron chi connectivity index (χ3n) is 5.30. The maximum absolute atomic E-state index is 14.2. The number of halogens is 2. The van der Waals surface area contributed by atoms with Crippen LogP contribution >= 0.6 is 0 Å². The first-order valence-corrected chi connectivity index (χ1v) is 10.2. The van der Waals surface area contributed by atoms with Crippen LogP contribution < -0.4 is 10.6 Å². The minimum atomic E-state index is -3.19. The normalized spacial score (nSPS) is 15.9. The summed E-state index contributed by atoms with van der Waals surface area (Å²) in [6.07, 6.45) is 5.17. The molecule has 8 nitrogen and oxygen atoms in total. The maximum Gasteiger partial charge on any atom is 0.303 e. The number of carbonyl (C=O) groups is 1. The Labute approximate surface area is 178 Å². The highest BCUT2D eigenvalue weighted by Gasteiger charge is 2.30. The summed E-state index contributed by atoms with van der Waals surface area (Å²) in [5, 5.41) is 6.74. The lowest BCUT2D eigenvalue weighted by Crippen LogP contribution is -2.37. The maximum atomic E-state index is 14.2. The zero-order valence-electron chi connectivity index (χ0n) is 17.7. The van der Waals surface area contributed by atoms with Crippen LogP contribution in [-0.4, -0.2) is 56.5 Å². The van der Waals surface area contributed by atoms with E-state index in [1.165, 1.54) is 6.92 Å². The number of alkyl halides is 2. The molecule has 31 heavy (non-hydrogen) atoms. The molecule has 0 atom stereocenters. The molecular weight excluding hydrogens is 404 g/mol. The fraction of sp³-hybridized carbons (Fsp3) is 0.429. The molecule has 0 spiro atoms. The second kappa shape index (κ2) is 8.18. The highest BCUT2D eigenvalue weighted by Crippen LogP contribution is 2.28. The Morgan fingerprint density at radius 2 is 1.94 bits per heavy atom. The number of amides is 1. The van der Waals surface area contributed by atoms with Gasteiger partial charge in [0.25, 0.3) is 0 Å². The number of nitrogens with one attached hydrogen (secondary N) is 2. The predicted octanol–water partition coefficient (Wildman–Crippen LogP) is 3.39. The second-order valence-electron chi connectivity index (χ2n) is 8.04. The van der Waals surface area contributed by atoms with Crippen LogP contribution in [0.5, 0.6) is 0 Å². The van der Waals surface area contributed by atoms with Gasteiger partial charge in [-0.25, -0.2) is 15.0 Å². The third-order valence-corrected chi connectivity index (χ3v) is 5.30. The van der Waals surface area contributed by atoms with E-state index in [4.69, 9.17) is 0 Å². The van der Waals surface area contributed by atoms with Gasteiger partial charge in [0, 0.05) is 49.8 Å². The molecule has 1 aliphatic heterocycles. The lowest BCUT2D eigenvalue weighted by atomic mass is 10.1. The van der Waals surface area contributed by atoms with Crippen LogP contribution in [0.1, 0.15) is 32.5 Å². The van der Waals surface area contributed by atoms with Crippen LogP contribution in [0, 0.1) is 0 Å². The summed E-state index contributed by atoms with van der Waals surface area (Å²) in [6, 6.07) is 5.34. The van der Waals surface area contributed by atoms with Crippen LogP contribution in [0.4, 0.5) is 20.4 Å². The van der Waals surface area contributed by atoms with Crippen molar-refractivity contribution < 1.29 is 13.6 Å². The van der Waals surface area contributed by atoms with Crippen LogP contribution in [0.15, 0.2) is 30.6 Å². The molecule has 3 aromatic rings. The summed E-state index contributed by atoms with van der Waals surface area (Å²) in [5.74, 6) is -2.92. The predicted molar refractivity (Wildman–Crippen MR) is 115 cm³/mol. The summed E-state index contributed by atoms with van der Waals surface area (Å²) < 4.78 is 30.1. The molecule has 0 bridgehead atoms. The Hall–Kier alpha value is -3.14. The minimum absolute atomic E-state index is 0.161. The minimum Gasteiger partial charge on any atom is -0.367 e. The Bertz CT molecular complexity index is 1100. The number of carbonyl (C=O) groups excluding carboxylic acids is 1. The van der Waals surface area contributed by atoms with E-state index in [-0.39, 0.29) is 11.9 Å². The van der Waals surface area contributed by atoms with Gasteiger partial charge < -0.3 is 20.1 Å². The highest BCUT2D eigenvalue weighted by atomic mass is 19.3. The summed E-state index contributed by atoms with van der Waals surface area (Å²) >= 11 is 0. The van der Waals surface area contributed by atoms with Gasteiger partial charge in [-0.15, -0.1) is 0 Å². The van der Waals surface area contributed by atoms with Crippen molar-refractivity contribution in [1.29, 1.82) is 0 Å². The van der Waals surface area contributed by atoms with E-state index in [1.807, 2.05) is 6.07 Å². The van der Waals surface area contributed by atoms with E-state index in [0.29, 0.717) is 23.0 Å². The van der Waals surface area contributed by atoms with E-state index in [1.54, 1.807) is 29.1 Å². The lowest BCUT2D eigenvalue weighted by Gasteiger charge is -2.30. The van der Waals surface area contributed by atoms with Crippen LogP contribution in [-0.2, 0) is 10.7 Å². The van der Waals surface area contributed by atoms with E-state index in [2.05, 4.69) is 37.5 Å². The number of aromatic nitrogens is 4. The second-order valence-corrected chi connectivity index (χ2v) is 8.04. The van der Waals surface area contributed by atoms with Crippen molar-refractivity contribution in [3.8, 4) is 5.82 Å². The van der Waals surface area contributed by atoms with Crippen molar-refractivity contribution in [3.63, 3.8) is 0 Å². The Balaban J connectivity index is 1.74. The molecule has 0 unspecified atom stereocenters. The van der Waals surface area contributed by atoms with E-state index >= 15 is 0 Å². The first kappa shape index (κ1) is 21.1. The molecule has 1 amide bonds. The van der Waals surface area contributed by atoms with Gasteiger partial charge in [-0.2, -0.15) is 8.78 Å². The fourth-order valence-electron chi connectivity index (χ4n) is 3.67. The van der Waals surface area contributed by atoms with E-state index < -0.39 is 11.7 Å². The Morgan fingerprint density at radius 3 is 2.61 bits per heavy atom. The molecule has 2 N–H and O–H groups in total. The van der Waals surface area contributed by atoms with Crippen LogP contribution in [0.25, 0.3) is 16.7 Å². The van der Waals surface area contributed by atoms with Crippen molar-refractivity contribution in [2.24, 2.45) is 0 Å². The SMILES string of the molecule is CC(=O)Nc1cc2c(ccn2-c2cc(NC3CCN(C)CC3)nc(C(C)(F)F)n2)cn1. The van der Waals surface area contributed by atoms with Crippen LogP contribution in [0.3, 0.4) is 0 Å². The molecule has 164 valence electrons. The molecule has 3 aromatic heterocycles. The van der Waals surface area contributed by atoms with Crippen molar-refractivity contribution >= 4 is 28.4 Å². The number of likely N-dealkylation sites (tertiary alicyclic amines) is 1. The van der Waals surface area contributed by atoms with Gasteiger partial charge in [0.15, 0.2) is 0 Å². The quantitative estimate of drug-likeness (QED) is 0.647. The number of fused-ring (bicyclic) bond motifs is 1. The summed E-state index contributed by atoms with van der Waals surface area (Å²) in [5.41, 5.74) is 0.688. The molecule has 1 aliphatic rings. The third kappa shape index (κ3) is 4.79. The summed E-state index contributed by atoms with van der Waals surface area (Å²) in [6.45, 7) is 4.06. The van der Waals surface area contributed by atoms with Crippen molar-refractivity contribution in [2.75, 3.05) is 30.8 Å². The molecule has 1 saturated heterocycles. The molecule has 0 saturated carbocycles. The largest absolute Gasteiger partial charge is 0.367 e. The van der Waals surface area contributed by atoms with Gasteiger partial charge in [-0.05, 0) is 39.0 Å². The monoisotopic (exact) mass is 429 g/mol. The molecule has 10 heteroatoms. The molecule has 0 aliphatic carbocycles. The standard InChI is InChI=1S/C21H25F2N7O/c1-13(31)25-17-10-16-14(12-24-17)4-9-30(16)19-11-18(27-20(28-19)21(2,22)23)26-15-5-7-29(3)8-6-15/h4,9-12,15H,5-8H2,1-3H3,(H,24,25,31)(H,26,27,28). The molecule has 0 aromatic carbocycles. The first-order valence-electron chi connectivity index (χ1n) is 10.2. The summed E-state index contributed by atoms with van der Waals surface area (Å²) in [4.78, 5) is 26.0. The van der Waals surface area contributed by atoms with Crippen molar-refractivity contribution in [1.82, 2.24) is 24.4 Å². The average Bonchev–Trinajstić information content (AvgIpc) is 3.12. The van der Waals surface area contributed by atoms with Gasteiger partial charge in [0.1, 0.15) is 17.5 Å². The number of nitrogens with zero attached hydrogens (tertiary/aromatic N) is 5. The van der Waals surface area contributed by atoms with Crippen molar-refractivity contribution in [3.05, 3.63) is 36.4 Å². The topological polar surface area (TPSA) is 88.0 Å². The number of rotatable bonds is 5. The smallest absolute Gasteiger partial charge is 0.303 e. The van der Waals surface area contributed by atoms with Gasteiger partial charge in [0.05, 0.1) is 5.52 Å². The van der Waals surface area contributed by atoms with Gasteiger partial charge in [-0.3, -0.25) is 4.79 Å². The fourth-order valence-corrected chi connectivity index (χ4v) is 3.67. The highest BCUT2D eigenvalue weighted by molar-refractivity contribution is 5.91. The molecule has 4 rings (SSSR count). The van der Waals surface area contributed by atoms with Gasteiger partial charge >= 0.3 is 5.92 Å². The first-order chi connectivity index (χ1) is 14.7. The van der Waals surface area contributed by atoms with Gasteiger partial charge in [-0.1, -0.05) is 0 Å². The van der Waals surface area contributed by atoms with Crippen LogP contribution in [0.2, 0.25) is 0 Å². The van der Waals surface area contributed by atoms with Gasteiger partial charge in [0.2, 0.25) is 11.7 Å². The lowest BCUT2D eigenvalue weighted by molar-refractivity contribution is -0.114. The molecular formula is C21H25F2N7O. The average molecular weight is 429 g/mol. The number of anilines is 2. The summed E-state index contributed by atoms with van der Waals surface area (Å²) in [7, 11) is 2.07. The molecule has 0 radical (unpaired) electrons. The van der Waals surface area contributed by atoms with E-state index in [9.17, 15) is 13.6 Å². The number of pyridine rings is 1. The number of piperidine rings is 1.